The number of carbonyl (C=O) groups is 2. The molecular weight excluding hydrogens is 388 g/mol. The lowest BCUT2D eigenvalue weighted by molar-refractivity contribution is -0.139. The van der Waals surface area contributed by atoms with E-state index >= 15 is 0 Å². The van der Waals surface area contributed by atoms with Crippen molar-refractivity contribution >= 4 is 29.0 Å². The monoisotopic (exact) mass is 416 g/mol. The van der Waals surface area contributed by atoms with Crippen LogP contribution in [0.2, 0.25) is 0 Å². The summed E-state index contributed by atoms with van der Waals surface area (Å²) in [5, 5.41) is 5.76. The summed E-state index contributed by atoms with van der Waals surface area (Å²) < 4.78 is 15.3. The van der Waals surface area contributed by atoms with Crippen LogP contribution in [-0.4, -0.2) is 81.8 Å². The summed E-state index contributed by atoms with van der Waals surface area (Å²) >= 11 is 0. The lowest BCUT2D eigenvalue weighted by atomic mass is 9.96. The van der Waals surface area contributed by atoms with Crippen molar-refractivity contribution in [3.63, 3.8) is 0 Å². The average molecular weight is 416 g/mol. The normalized spacial score (nSPS) is 20.3. The Hall–Kier alpha value is -2.78. The molecule has 9 nitrogen and oxygen atoms in total. The zero-order valence-corrected chi connectivity index (χ0v) is 17.7. The highest BCUT2D eigenvalue weighted by Gasteiger charge is 2.39. The largest absolute Gasteiger partial charge is 0.497 e. The van der Waals surface area contributed by atoms with Gasteiger partial charge in [-0.2, -0.15) is 10.1 Å². The molecule has 1 unspecified atom stereocenters. The summed E-state index contributed by atoms with van der Waals surface area (Å²) in [5.74, 6) is -0.659. The topological polar surface area (TPSA) is 93.0 Å². The van der Waals surface area contributed by atoms with E-state index in [1.165, 1.54) is 12.1 Å². The molecule has 1 aromatic carbocycles. The first kappa shape index (κ1) is 21.9. The van der Waals surface area contributed by atoms with Crippen molar-refractivity contribution in [3.05, 3.63) is 24.3 Å². The van der Waals surface area contributed by atoms with Gasteiger partial charge < -0.3 is 14.2 Å². The number of morpholine rings is 1. The minimum absolute atomic E-state index is 0.0596. The minimum Gasteiger partial charge on any atom is -0.497 e. The van der Waals surface area contributed by atoms with E-state index in [2.05, 4.69) is 15.0 Å². The van der Waals surface area contributed by atoms with Crippen LogP contribution in [0.3, 0.4) is 0 Å². The van der Waals surface area contributed by atoms with E-state index in [0.717, 1.165) is 32.8 Å². The van der Waals surface area contributed by atoms with Gasteiger partial charge in [0.25, 0.3) is 5.91 Å². The summed E-state index contributed by atoms with van der Waals surface area (Å²) in [6, 6.07) is 7.02. The maximum atomic E-state index is 13.2. The fourth-order valence-corrected chi connectivity index (χ4v) is 3.47. The van der Waals surface area contributed by atoms with Crippen LogP contribution in [0.25, 0.3) is 0 Å². The fraction of sp³-hybridized carbons (Fsp3) is 0.524. The lowest BCUT2D eigenvalue weighted by Crippen LogP contribution is -2.38. The van der Waals surface area contributed by atoms with Crippen molar-refractivity contribution in [1.29, 1.82) is 0 Å². The molecule has 0 radical (unpaired) electrons. The van der Waals surface area contributed by atoms with E-state index in [9.17, 15) is 9.59 Å². The maximum Gasteiger partial charge on any atom is 0.311 e. The molecule has 1 aromatic rings. The quantitative estimate of drug-likeness (QED) is 0.469. The summed E-state index contributed by atoms with van der Waals surface area (Å²) in [7, 11) is 2.90. The van der Waals surface area contributed by atoms with Crippen molar-refractivity contribution in [3.8, 4) is 5.75 Å². The molecule has 0 N–H and O–H groups in total. The van der Waals surface area contributed by atoms with Crippen LogP contribution < -0.4 is 9.75 Å². The molecule has 30 heavy (non-hydrogen) atoms. The van der Waals surface area contributed by atoms with Crippen LogP contribution >= 0.6 is 0 Å². The van der Waals surface area contributed by atoms with Gasteiger partial charge in [-0.25, -0.2) is 0 Å². The van der Waals surface area contributed by atoms with E-state index in [1.54, 1.807) is 31.4 Å². The molecule has 2 aliphatic heterocycles. The first-order chi connectivity index (χ1) is 14.5. The predicted octanol–water partition coefficient (Wildman–Crippen LogP) is 1.37. The number of rotatable bonds is 8. The fourth-order valence-electron chi connectivity index (χ4n) is 3.47. The number of hydrogen-bond acceptors (Lipinski definition) is 8. The highest BCUT2D eigenvalue weighted by molar-refractivity contribution is 6.30. The molecule has 1 saturated heterocycles. The minimum atomic E-state index is -0.670. The molecule has 0 bridgehead atoms. The van der Waals surface area contributed by atoms with Gasteiger partial charge in [-0.1, -0.05) is 0 Å². The third-order valence-corrected chi connectivity index (χ3v) is 5.19. The van der Waals surface area contributed by atoms with Crippen LogP contribution in [0.5, 0.6) is 5.75 Å². The number of hydrazone groups is 1. The number of carbonyl (C=O) groups excluding carboxylic acids is 2. The third kappa shape index (κ3) is 5.22. The summed E-state index contributed by atoms with van der Waals surface area (Å²) in [5.41, 5.74) is 1.69. The van der Waals surface area contributed by atoms with E-state index in [4.69, 9.17) is 14.2 Å². The summed E-state index contributed by atoms with van der Waals surface area (Å²) in [4.78, 5) is 32.0. The Morgan fingerprint density at radius 3 is 2.57 bits per heavy atom. The molecule has 1 atom stereocenters. The molecule has 3 rings (SSSR count). The van der Waals surface area contributed by atoms with Crippen LogP contribution in [0, 0.1) is 5.92 Å². The summed E-state index contributed by atoms with van der Waals surface area (Å²) in [6.07, 6.45) is -0.0596. The van der Waals surface area contributed by atoms with E-state index < -0.39 is 11.9 Å². The molecule has 1 fully saturated rings. The van der Waals surface area contributed by atoms with Crippen LogP contribution in [0.4, 0.5) is 5.69 Å². The number of aliphatic imine (C=N–C) groups is 1. The van der Waals surface area contributed by atoms with E-state index in [0.29, 0.717) is 29.4 Å². The van der Waals surface area contributed by atoms with Crippen molar-refractivity contribution < 1.29 is 23.8 Å². The average Bonchev–Trinajstić information content (AvgIpc) is 3.10. The molecule has 2 heterocycles. The Morgan fingerprint density at radius 2 is 1.93 bits per heavy atom. The number of benzene rings is 1. The molecule has 1 amide bonds. The molecule has 2 aliphatic rings. The van der Waals surface area contributed by atoms with Gasteiger partial charge in [0.1, 0.15) is 11.7 Å². The molecule has 0 spiro atoms. The molecule has 0 saturated carbocycles. The van der Waals surface area contributed by atoms with Gasteiger partial charge in [0.2, 0.25) is 0 Å². The van der Waals surface area contributed by atoms with Gasteiger partial charge >= 0.3 is 5.97 Å². The van der Waals surface area contributed by atoms with Gasteiger partial charge in [0.15, 0.2) is 0 Å². The second kappa shape index (κ2) is 10.3. The zero-order valence-electron chi connectivity index (χ0n) is 17.7. The highest BCUT2D eigenvalue weighted by atomic mass is 16.5. The second-order valence-electron chi connectivity index (χ2n) is 7.10. The standard InChI is InChI=1S/C21H28N4O5/c1-15(22-8-9-24-10-12-30-13-11-24)20-18(14-19(26)29-3)23-25(21(20)27)16-4-6-17(28-2)7-5-16/h4-7,20H,8-14H2,1-3H3. The van der Waals surface area contributed by atoms with E-state index in [1.807, 2.05) is 6.92 Å². The number of nitrogens with zero attached hydrogens (tertiary/aromatic N) is 4. The lowest BCUT2D eigenvalue weighted by Gasteiger charge is -2.25. The Bertz CT molecular complexity index is 815. The Kier molecular flexibility index (Phi) is 7.53. The van der Waals surface area contributed by atoms with Gasteiger partial charge in [-0.05, 0) is 31.2 Å². The van der Waals surface area contributed by atoms with Crippen LogP contribution in [0.15, 0.2) is 34.4 Å². The number of ether oxygens (including phenoxy) is 3. The number of methoxy groups -OCH3 is 2. The SMILES string of the molecule is COC(=O)CC1=NN(c2ccc(OC)cc2)C(=O)C1C(C)=NCCN1CCOCC1. The first-order valence-corrected chi connectivity index (χ1v) is 9.96. The Morgan fingerprint density at radius 1 is 1.23 bits per heavy atom. The predicted molar refractivity (Wildman–Crippen MR) is 113 cm³/mol. The zero-order chi connectivity index (χ0) is 21.5. The maximum absolute atomic E-state index is 13.2. The van der Waals surface area contributed by atoms with Crippen molar-refractivity contribution in [2.75, 3.05) is 58.6 Å². The number of anilines is 1. The van der Waals surface area contributed by atoms with Gasteiger partial charge in [-0.3, -0.25) is 19.5 Å². The third-order valence-electron chi connectivity index (χ3n) is 5.19. The Labute approximate surface area is 176 Å². The molecule has 0 aliphatic carbocycles. The van der Waals surface area contributed by atoms with Gasteiger partial charge in [0, 0.05) is 25.3 Å². The molecule has 0 aromatic heterocycles. The molecule has 162 valence electrons. The van der Waals surface area contributed by atoms with Crippen molar-refractivity contribution in [2.45, 2.75) is 13.3 Å². The number of esters is 1. The van der Waals surface area contributed by atoms with Crippen LogP contribution in [-0.2, 0) is 19.1 Å². The molecule has 9 heteroatoms. The summed E-state index contributed by atoms with van der Waals surface area (Å²) in [6.45, 7) is 6.42. The number of amides is 1. The first-order valence-electron chi connectivity index (χ1n) is 9.96. The van der Waals surface area contributed by atoms with Crippen LogP contribution in [0.1, 0.15) is 13.3 Å². The second-order valence-corrected chi connectivity index (χ2v) is 7.10. The van der Waals surface area contributed by atoms with Gasteiger partial charge in [0.05, 0.1) is 51.8 Å². The van der Waals surface area contributed by atoms with Crippen molar-refractivity contribution in [2.24, 2.45) is 16.0 Å². The molecular formula is C21H28N4O5. The van der Waals surface area contributed by atoms with Crippen molar-refractivity contribution in [1.82, 2.24) is 4.90 Å². The van der Waals surface area contributed by atoms with E-state index in [-0.39, 0.29) is 12.3 Å². The van der Waals surface area contributed by atoms with Gasteiger partial charge in [-0.15, -0.1) is 0 Å². The number of hydrogen-bond donors (Lipinski definition) is 0. The Balaban J connectivity index is 1.75. The highest BCUT2D eigenvalue weighted by Crippen LogP contribution is 2.28. The smallest absolute Gasteiger partial charge is 0.311 e.